The SMILES string of the molecule is COc1cc(-c2cnnc(NCc3cn4c(C)cccc4n3)n2)cc(OC)c1OC. The van der Waals surface area contributed by atoms with Gasteiger partial charge in [0.2, 0.25) is 11.7 Å². The van der Waals surface area contributed by atoms with Gasteiger partial charge in [0, 0.05) is 17.5 Å². The van der Waals surface area contributed by atoms with Gasteiger partial charge in [-0.05, 0) is 31.2 Å². The number of hydrogen-bond donors (Lipinski definition) is 1. The van der Waals surface area contributed by atoms with Crippen LogP contribution in [0.25, 0.3) is 16.9 Å². The quantitative estimate of drug-likeness (QED) is 0.500. The van der Waals surface area contributed by atoms with Crippen LogP contribution >= 0.6 is 0 Å². The van der Waals surface area contributed by atoms with Crippen LogP contribution in [0.2, 0.25) is 0 Å². The number of nitrogens with one attached hydrogen (secondary N) is 1. The summed E-state index contributed by atoms with van der Waals surface area (Å²) >= 11 is 0. The van der Waals surface area contributed by atoms with E-state index in [0.717, 1.165) is 22.6 Å². The smallest absolute Gasteiger partial charge is 0.243 e. The summed E-state index contributed by atoms with van der Waals surface area (Å²) in [6.07, 6.45) is 3.58. The Balaban J connectivity index is 1.59. The Kier molecular flexibility index (Phi) is 5.34. The molecule has 30 heavy (non-hydrogen) atoms. The van der Waals surface area contributed by atoms with Crippen LogP contribution in [0.3, 0.4) is 0 Å². The van der Waals surface area contributed by atoms with Crippen molar-refractivity contribution in [3.05, 3.63) is 54.1 Å². The minimum atomic E-state index is 0.398. The number of ether oxygens (including phenoxy) is 3. The summed E-state index contributed by atoms with van der Waals surface area (Å²) in [5.41, 5.74) is 4.29. The van der Waals surface area contributed by atoms with E-state index in [-0.39, 0.29) is 0 Å². The maximum absolute atomic E-state index is 5.42. The Bertz CT molecular complexity index is 1170. The van der Waals surface area contributed by atoms with Gasteiger partial charge in [-0.15, -0.1) is 5.10 Å². The fraction of sp³-hybridized carbons (Fsp3) is 0.238. The van der Waals surface area contributed by atoms with Crippen LogP contribution in [-0.4, -0.2) is 45.9 Å². The molecule has 4 aromatic rings. The van der Waals surface area contributed by atoms with E-state index in [0.29, 0.717) is 35.4 Å². The lowest BCUT2D eigenvalue weighted by molar-refractivity contribution is 0.324. The van der Waals surface area contributed by atoms with Crippen molar-refractivity contribution < 1.29 is 14.2 Å². The Morgan fingerprint density at radius 3 is 2.43 bits per heavy atom. The molecule has 0 saturated carbocycles. The highest BCUT2D eigenvalue weighted by Crippen LogP contribution is 2.40. The molecule has 0 aliphatic carbocycles. The second-order valence-corrected chi connectivity index (χ2v) is 6.56. The zero-order chi connectivity index (χ0) is 21.1. The molecule has 3 aromatic heterocycles. The highest BCUT2D eigenvalue weighted by molar-refractivity contribution is 5.68. The highest BCUT2D eigenvalue weighted by atomic mass is 16.5. The summed E-state index contributed by atoms with van der Waals surface area (Å²) < 4.78 is 18.3. The number of benzene rings is 1. The maximum atomic E-state index is 5.42. The molecule has 0 saturated heterocycles. The van der Waals surface area contributed by atoms with E-state index in [4.69, 9.17) is 14.2 Å². The molecule has 0 aliphatic heterocycles. The minimum Gasteiger partial charge on any atom is -0.493 e. The molecule has 1 aromatic carbocycles. The molecule has 0 spiro atoms. The van der Waals surface area contributed by atoms with Crippen LogP contribution in [0.4, 0.5) is 5.95 Å². The lowest BCUT2D eigenvalue weighted by Crippen LogP contribution is -2.05. The Labute approximate surface area is 173 Å². The third kappa shape index (κ3) is 3.69. The van der Waals surface area contributed by atoms with Gasteiger partial charge in [0.25, 0.3) is 0 Å². The number of nitrogens with zero attached hydrogens (tertiary/aromatic N) is 5. The molecule has 0 bridgehead atoms. The van der Waals surface area contributed by atoms with Crippen molar-refractivity contribution in [3.8, 4) is 28.5 Å². The van der Waals surface area contributed by atoms with Crippen LogP contribution in [0.1, 0.15) is 11.4 Å². The van der Waals surface area contributed by atoms with Gasteiger partial charge in [0.1, 0.15) is 5.65 Å². The molecular formula is C21H22N6O3. The van der Waals surface area contributed by atoms with Crippen molar-refractivity contribution in [1.82, 2.24) is 24.6 Å². The summed E-state index contributed by atoms with van der Waals surface area (Å²) in [6, 6.07) is 9.64. The van der Waals surface area contributed by atoms with Crippen molar-refractivity contribution in [1.29, 1.82) is 0 Å². The molecule has 0 amide bonds. The molecule has 3 heterocycles. The Hall–Kier alpha value is -3.88. The molecule has 9 nitrogen and oxygen atoms in total. The number of imidazole rings is 1. The summed E-state index contributed by atoms with van der Waals surface area (Å²) in [5.74, 6) is 2.00. The molecule has 154 valence electrons. The Morgan fingerprint density at radius 1 is 1.00 bits per heavy atom. The molecule has 4 rings (SSSR count). The molecule has 0 radical (unpaired) electrons. The number of hydrogen-bond acceptors (Lipinski definition) is 8. The van der Waals surface area contributed by atoms with Gasteiger partial charge in [-0.3, -0.25) is 0 Å². The topological polar surface area (TPSA) is 95.7 Å². The van der Waals surface area contributed by atoms with Gasteiger partial charge in [-0.25, -0.2) is 9.97 Å². The molecule has 0 atom stereocenters. The average Bonchev–Trinajstić information content (AvgIpc) is 3.21. The van der Waals surface area contributed by atoms with E-state index >= 15 is 0 Å². The molecule has 9 heteroatoms. The van der Waals surface area contributed by atoms with Crippen LogP contribution < -0.4 is 19.5 Å². The van der Waals surface area contributed by atoms with Gasteiger partial charge in [0.15, 0.2) is 11.5 Å². The van der Waals surface area contributed by atoms with Gasteiger partial charge < -0.3 is 23.9 Å². The predicted molar refractivity (Wildman–Crippen MR) is 112 cm³/mol. The highest BCUT2D eigenvalue weighted by Gasteiger charge is 2.15. The van der Waals surface area contributed by atoms with Gasteiger partial charge in [0.05, 0.1) is 45.5 Å². The summed E-state index contributed by atoms with van der Waals surface area (Å²) in [5, 5.41) is 11.3. The fourth-order valence-electron chi connectivity index (χ4n) is 3.20. The first-order chi connectivity index (χ1) is 14.6. The third-order valence-electron chi connectivity index (χ3n) is 4.69. The lowest BCUT2D eigenvalue weighted by Gasteiger charge is -2.14. The number of aryl methyl sites for hydroxylation is 1. The molecule has 0 unspecified atom stereocenters. The van der Waals surface area contributed by atoms with E-state index in [9.17, 15) is 0 Å². The summed E-state index contributed by atoms with van der Waals surface area (Å²) in [6.45, 7) is 2.52. The van der Waals surface area contributed by atoms with Crippen LogP contribution in [0, 0.1) is 6.92 Å². The standard InChI is InChI=1S/C21H22N6O3/c1-13-6-5-7-19-24-15(12-27(13)19)10-22-21-25-16(11-23-26-21)14-8-17(28-2)20(30-4)18(9-14)29-3/h5-9,11-12H,10H2,1-4H3,(H,22,25,26). The second kappa shape index (κ2) is 8.24. The molecule has 0 fully saturated rings. The lowest BCUT2D eigenvalue weighted by atomic mass is 10.1. The van der Waals surface area contributed by atoms with Gasteiger partial charge in [-0.2, -0.15) is 5.10 Å². The number of rotatable bonds is 7. The van der Waals surface area contributed by atoms with Crippen molar-refractivity contribution >= 4 is 11.6 Å². The van der Waals surface area contributed by atoms with E-state index in [1.54, 1.807) is 27.5 Å². The Morgan fingerprint density at radius 2 is 1.77 bits per heavy atom. The number of fused-ring (bicyclic) bond motifs is 1. The third-order valence-corrected chi connectivity index (χ3v) is 4.69. The number of aromatic nitrogens is 5. The molecular weight excluding hydrogens is 384 g/mol. The number of pyridine rings is 1. The van der Waals surface area contributed by atoms with Crippen molar-refractivity contribution in [2.75, 3.05) is 26.6 Å². The van der Waals surface area contributed by atoms with E-state index < -0.39 is 0 Å². The average molecular weight is 406 g/mol. The van der Waals surface area contributed by atoms with Crippen LogP contribution in [0.5, 0.6) is 17.2 Å². The first kappa shape index (κ1) is 19.4. The minimum absolute atomic E-state index is 0.398. The van der Waals surface area contributed by atoms with Crippen molar-refractivity contribution in [3.63, 3.8) is 0 Å². The molecule has 0 aliphatic rings. The van der Waals surface area contributed by atoms with Crippen molar-refractivity contribution in [2.24, 2.45) is 0 Å². The predicted octanol–water partition coefficient (Wildman–Crippen LogP) is 3.13. The van der Waals surface area contributed by atoms with E-state index in [1.165, 1.54) is 0 Å². The zero-order valence-electron chi connectivity index (χ0n) is 17.2. The monoisotopic (exact) mass is 406 g/mol. The first-order valence-corrected chi connectivity index (χ1v) is 9.30. The summed E-state index contributed by atoms with van der Waals surface area (Å²) in [7, 11) is 4.71. The fourth-order valence-corrected chi connectivity index (χ4v) is 3.20. The van der Waals surface area contributed by atoms with Crippen molar-refractivity contribution in [2.45, 2.75) is 13.5 Å². The first-order valence-electron chi connectivity index (χ1n) is 9.30. The van der Waals surface area contributed by atoms with Crippen LogP contribution in [0.15, 0.2) is 42.7 Å². The van der Waals surface area contributed by atoms with E-state index in [1.807, 2.05) is 47.9 Å². The number of anilines is 1. The normalized spacial score (nSPS) is 10.8. The zero-order valence-corrected chi connectivity index (χ0v) is 17.2. The molecule has 1 N–H and O–H groups in total. The number of methoxy groups -OCH3 is 3. The second-order valence-electron chi connectivity index (χ2n) is 6.56. The van der Waals surface area contributed by atoms with Crippen LogP contribution in [-0.2, 0) is 6.54 Å². The van der Waals surface area contributed by atoms with E-state index in [2.05, 4.69) is 25.5 Å². The van der Waals surface area contributed by atoms with Gasteiger partial charge >= 0.3 is 0 Å². The summed E-state index contributed by atoms with van der Waals surface area (Å²) in [4.78, 5) is 9.18. The maximum Gasteiger partial charge on any atom is 0.243 e. The largest absolute Gasteiger partial charge is 0.493 e. The van der Waals surface area contributed by atoms with Gasteiger partial charge in [-0.1, -0.05) is 6.07 Å².